The molecular formula is C13H22N2O4. The van der Waals surface area contributed by atoms with Crippen molar-refractivity contribution in [3.8, 4) is 0 Å². The van der Waals surface area contributed by atoms with E-state index in [9.17, 15) is 9.59 Å². The maximum atomic E-state index is 12.7. The van der Waals surface area contributed by atoms with Crippen molar-refractivity contribution in [3.05, 3.63) is 0 Å². The summed E-state index contributed by atoms with van der Waals surface area (Å²) in [6.45, 7) is 4.61. The molecule has 2 fully saturated rings. The molecule has 108 valence electrons. The molecule has 0 bridgehead atoms. The molecule has 2 atom stereocenters. The van der Waals surface area contributed by atoms with Gasteiger partial charge in [0, 0.05) is 12.1 Å². The summed E-state index contributed by atoms with van der Waals surface area (Å²) in [4.78, 5) is 25.9. The number of amides is 1. The van der Waals surface area contributed by atoms with Crippen LogP contribution in [0, 0.1) is 5.41 Å². The van der Waals surface area contributed by atoms with E-state index in [1.54, 1.807) is 11.8 Å². The largest absolute Gasteiger partial charge is 0.465 e. The van der Waals surface area contributed by atoms with Crippen LogP contribution in [0.2, 0.25) is 0 Å². The van der Waals surface area contributed by atoms with Gasteiger partial charge in [0.2, 0.25) is 5.91 Å². The highest BCUT2D eigenvalue weighted by Crippen LogP contribution is 2.35. The first kappa shape index (κ1) is 14.3. The highest BCUT2D eigenvalue weighted by molar-refractivity contribution is 5.87. The van der Waals surface area contributed by atoms with E-state index in [1.807, 2.05) is 6.92 Å². The SMILES string of the molecule is CCOC(=O)CN(C(=O)C1(C)COCC1N)C1CC1. The summed E-state index contributed by atoms with van der Waals surface area (Å²) >= 11 is 0. The van der Waals surface area contributed by atoms with Crippen molar-refractivity contribution in [2.75, 3.05) is 26.4 Å². The molecule has 6 heteroatoms. The Morgan fingerprint density at radius 3 is 2.63 bits per heavy atom. The Morgan fingerprint density at radius 2 is 2.16 bits per heavy atom. The van der Waals surface area contributed by atoms with Crippen LogP contribution < -0.4 is 5.73 Å². The number of hydrogen-bond donors (Lipinski definition) is 1. The molecule has 2 unspecified atom stereocenters. The average molecular weight is 270 g/mol. The third-order valence-corrected chi connectivity index (χ3v) is 3.86. The predicted molar refractivity (Wildman–Crippen MR) is 68.3 cm³/mol. The number of ether oxygens (including phenoxy) is 2. The lowest BCUT2D eigenvalue weighted by atomic mass is 9.84. The number of hydrogen-bond acceptors (Lipinski definition) is 5. The van der Waals surface area contributed by atoms with Crippen LogP contribution in [0.25, 0.3) is 0 Å². The van der Waals surface area contributed by atoms with Crippen molar-refractivity contribution in [1.82, 2.24) is 4.90 Å². The van der Waals surface area contributed by atoms with Gasteiger partial charge < -0.3 is 20.1 Å². The molecule has 1 aliphatic carbocycles. The van der Waals surface area contributed by atoms with Gasteiger partial charge in [0.15, 0.2) is 0 Å². The Kier molecular flexibility index (Phi) is 4.10. The van der Waals surface area contributed by atoms with Crippen LogP contribution in [-0.2, 0) is 19.1 Å². The van der Waals surface area contributed by atoms with Gasteiger partial charge in [0.05, 0.1) is 25.2 Å². The van der Waals surface area contributed by atoms with E-state index in [0.717, 1.165) is 12.8 Å². The van der Waals surface area contributed by atoms with Crippen molar-refractivity contribution >= 4 is 11.9 Å². The molecule has 0 aromatic carbocycles. The fourth-order valence-electron chi connectivity index (χ4n) is 2.34. The second-order valence-electron chi connectivity index (χ2n) is 5.51. The van der Waals surface area contributed by atoms with Gasteiger partial charge >= 0.3 is 5.97 Å². The van der Waals surface area contributed by atoms with E-state index >= 15 is 0 Å². The van der Waals surface area contributed by atoms with E-state index in [1.165, 1.54) is 0 Å². The number of carbonyl (C=O) groups is 2. The van der Waals surface area contributed by atoms with Crippen LogP contribution in [-0.4, -0.2) is 55.2 Å². The lowest BCUT2D eigenvalue weighted by Crippen LogP contribution is -2.53. The van der Waals surface area contributed by atoms with E-state index in [2.05, 4.69) is 0 Å². The minimum absolute atomic E-state index is 0.0135. The topological polar surface area (TPSA) is 81.9 Å². The molecule has 0 spiro atoms. The summed E-state index contributed by atoms with van der Waals surface area (Å²) in [5.41, 5.74) is 5.25. The zero-order valence-electron chi connectivity index (χ0n) is 11.6. The van der Waals surface area contributed by atoms with Gasteiger partial charge in [0.25, 0.3) is 0 Å². The molecule has 1 heterocycles. The zero-order chi connectivity index (χ0) is 14.0. The first-order valence-corrected chi connectivity index (χ1v) is 6.79. The molecule has 0 aromatic rings. The van der Waals surface area contributed by atoms with Crippen LogP contribution in [0.3, 0.4) is 0 Å². The minimum atomic E-state index is -0.727. The standard InChI is InChI=1S/C13H22N2O4/c1-3-19-11(16)6-15(9-4-5-9)12(17)13(2)8-18-7-10(13)14/h9-10H,3-8,14H2,1-2H3. The van der Waals surface area contributed by atoms with Crippen molar-refractivity contribution in [3.63, 3.8) is 0 Å². The third-order valence-electron chi connectivity index (χ3n) is 3.86. The van der Waals surface area contributed by atoms with Crippen molar-refractivity contribution in [2.24, 2.45) is 11.1 Å². The fourth-order valence-corrected chi connectivity index (χ4v) is 2.34. The molecule has 2 aliphatic rings. The van der Waals surface area contributed by atoms with Crippen LogP contribution >= 0.6 is 0 Å². The molecule has 19 heavy (non-hydrogen) atoms. The summed E-state index contributed by atoms with van der Waals surface area (Å²) in [6.07, 6.45) is 1.88. The Labute approximate surface area is 113 Å². The number of nitrogens with two attached hydrogens (primary N) is 1. The van der Waals surface area contributed by atoms with Crippen LogP contribution in [0.4, 0.5) is 0 Å². The average Bonchev–Trinajstić information content (AvgIpc) is 3.14. The second kappa shape index (κ2) is 5.46. The summed E-state index contributed by atoms with van der Waals surface area (Å²) in [7, 11) is 0. The van der Waals surface area contributed by atoms with Crippen molar-refractivity contribution < 1.29 is 19.1 Å². The van der Waals surface area contributed by atoms with Crippen LogP contribution in [0.15, 0.2) is 0 Å². The van der Waals surface area contributed by atoms with E-state index in [0.29, 0.717) is 19.8 Å². The van der Waals surface area contributed by atoms with Crippen LogP contribution in [0.5, 0.6) is 0 Å². The molecule has 1 aliphatic heterocycles. The lowest BCUT2D eigenvalue weighted by Gasteiger charge is -2.32. The van der Waals surface area contributed by atoms with Gasteiger partial charge in [-0.05, 0) is 26.7 Å². The Bertz CT molecular complexity index is 370. The summed E-state index contributed by atoms with van der Waals surface area (Å²) < 4.78 is 10.2. The highest BCUT2D eigenvalue weighted by Gasteiger charge is 2.49. The van der Waals surface area contributed by atoms with E-state index in [4.69, 9.17) is 15.2 Å². The van der Waals surface area contributed by atoms with Gasteiger partial charge in [0.1, 0.15) is 6.54 Å². The van der Waals surface area contributed by atoms with Gasteiger partial charge in [-0.1, -0.05) is 0 Å². The van der Waals surface area contributed by atoms with Gasteiger partial charge in [-0.15, -0.1) is 0 Å². The second-order valence-corrected chi connectivity index (χ2v) is 5.51. The predicted octanol–water partition coefficient (Wildman–Crippen LogP) is -0.0957. The molecule has 2 rings (SSSR count). The molecule has 0 aromatic heterocycles. The molecular weight excluding hydrogens is 248 g/mol. The quantitative estimate of drug-likeness (QED) is 0.706. The molecule has 1 amide bonds. The first-order chi connectivity index (χ1) is 8.99. The fraction of sp³-hybridized carbons (Fsp3) is 0.846. The Morgan fingerprint density at radius 1 is 1.47 bits per heavy atom. The summed E-state index contributed by atoms with van der Waals surface area (Å²) in [5, 5.41) is 0. The lowest BCUT2D eigenvalue weighted by molar-refractivity contribution is -0.153. The van der Waals surface area contributed by atoms with Crippen molar-refractivity contribution in [2.45, 2.75) is 38.8 Å². The normalized spacial score (nSPS) is 30.2. The summed E-state index contributed by atoms with van der Waals surface area (Å²) in [6, 6.07) is -0.162. The van der Waals surface area contributed by atoms with E-state index in [-0.39, 0.29) is 30.5 Å². The van der Waals surface area contributed by atoms with Crippen molar-refractivity contribution in [1.29, 1.82) is 0 Å². The van der Waals surface area contributed by atoms with Gasteiger partial charge in [-0.3, -0.25) is 9.59 Å². The maximum absolute atomic E-state index is 12.7. The van der Waals surface area contributed by atoms with E-state index < -0.39 is 5.41 Å². The highest BCUT2D eigenvalue weighted by atomic mass is 16.5. The zero-order valence-corrected chi connectivity index (χ0v) is 11.6. The minimum Gasteiger partial charge on any atom is -0.465 e. The maximum Gasteiger partial charge on any atom is 0.325 e. The van der Waals surface area contributed by atoms with Crippen LogP contribution in [0.1, 0.15) is 26.7 Å². The van der Waals surface area contributed by atoms with Gasteiger partial charge in [-0.2, -0.15) is 0 Å². The monoisotopic (exact) mass is 270 g/mol. The number of carbonyl (C=O) groups excluding carboxylic acids is 2. The Balaban J connectivity index is 2.06. The Hall–Kier alpha value is -1.14. The first-order valence-electron chi connectivity index (χ1n) is 6.79. The molecule has 1 saturated carbocycles. The third kappa shape index (κ3) is 2.90. The van der Waals surface area contributed by atoms with Gasteiger partial charge in [-0.25, -0.2) is 0 Å². The molecule has 0 radical (unpaired) electrons. The molecule has 2 N–H and O–H groups in total. The molecule has 1 saturated heterocycles. The number of rotatable bonds is 5. The molecule has 6 nitrogen and oxygen atoms in total. The smallest absolute Gasteiger partial charge is 0.325 e. The number of esters is 1. The number of nitrogens with zero attached hydrogens (tertiary/aromatic N) is 1. The summed E-state index contributed by atoms with van der Waals surface area (Å²) in [5.74, 6) is -0.452.